The molecule has 1 saturated heterocycles. The molecule has 2 aliphatic rings. The maximum atomic E-state index is 13.2. The molecule has 0 aromatic heterocycles. The molecule has 2 aromatic rings. The zero-order valence-corrected chi connectivity index (χ0v) is 23.2. The molecule has 1 aliphatic heterocycles. The molecule has 0 saturated carbocycles. The quantitative estimate of drug-likeness (QED) is 0.103. The number of hydrogen-bond donors (Lipinski definition) is 1. The number of nitroso groups, excluding NO2 is 1. The number of carbonyl (C=O) groups excluding carboxylic acids is 2. The van der Waals surface area contributed by atoms with Gasteiger partial charge in [-0.15, -0.1) is 0 Å². The lowest BCUT2D eigenvalue weighted by Gasteiger charge is -2.22. The molecule has 1 aliphatic carbocycles. The van der Waals surface area contributed by atoms with E-state index < -0.39 is 35.6 Å². The number of hydrogen-bond acceptors (Lipinski definition) is 5. The first-order valence-electron chi connectivity index (χ1n) is 13.9. The average molecular weight is 614 g/mol. The summed E-state index contributed by atoms with van der Waals surface area (Å²) in [6.07, 6.45) is -5.12. The van der Waals surface area contributed by atoms with Gasteiger partial charge < -0.3 is 4.74 Å². The number of allylic oxidation sites excluding steroid dienone is 1. The molecule has 1 heterocycles. The van der Waals surface area contributed by atoms with Gasteiger partial charge in [0.2, 0.25) is 12.5 Å². The molecule has 7 nitrogen and oxygen atoms in total. The second kappa shape index (κ2) is 13.8. The smallest absolute Gasteiger partial charge is 0.350 e. The fourth-order valence-corrected chi connectivity index (χ4v) is 4.97. The highest BCUT2D eigenvalue weighted by molar-refractivity contribution is 6.13. The van der Waals surface area contributed by atoms with E-state index >= 15 is 0 Å². The monoisotopic (exact) mass is 613 g/mol. The second-order valence-corrected chi connectivity index (χ2v) is 10.6. The van der Waals surface area contributed by atoms with E-state index in [2.05, 4.69) is 5.48 Å². The summed E-state index contributed by atoms with van der Waals surface area (Å²) in [6.45, 7) is 0.819. The zero-order valence-electron chi connectivity index (χ0n) is 23.2. The van der Waals surface area contributed by atoms with Crippen LogP contribution in [0.1, 0.15) is 83.1 Å². The third-order valence-corrected chi connectivity index (χ3v) is 7.18. The molecule has 1 fully saturated rings. The number of aryl methyl sites for hydroxylation is 1. The fraction of sp³-hybridized carbons (Fsp3) is 0.467. The van der Waals surface area contributed by atoms with Crippen molar-refractivity contribution in [2.24, 2.45) is 0 Å². The van der Waals surface area contributed by atoms with Crippen LogP contribution < -0.4 is 5.48 Å². The number of Topliss-reactive ketones (excluding diaryl/α,β-unsaturated/α-hetero) is 1. The normalized spacial score (nSPS) is 18.4. The molecule has 1 N–H and O–H groups in total. The molecule has 43 heavy (non-hydrogen) atoms. The topological polar surface area (TPSA) is 84.7 Å². The van der Waals surface area contributed by atoms with Crippen LogP contribution in [0.15, 0.2) is 42.0 Å². The summed E-state index contributed by atoms with van der Waals surface area (Å²) in [4.78, 5) is 42.6. The summed E-state index contributed by atoms with van der Waals surface area (Å²) < 4.78 is 85.5. The summed E-state index contributed by atoms with van der Waals surface area (Å²) in [5.41, 5.74) is 0.779. The Balaban J connectivity index is 1.31. The minimum atomic E-state index is -4.99. The molecule has 13 heteroatoms. The van der Waals surface area contributed by atoms with Gasteiger partial charge in [0.05, 0.1) is 11.1 Å². The summed E-state index contributed by atoms with van der Waals surface area (Å²) in [5.74, 6) is -0.789. The molecular weight excluding hydrogens is 582 g/mol. The third kappa shape index (κ3) is 9.20. The van der Waals surface area contributed by atoms with Crippen LogP contribution in [-0.4, -0.2) is 35.9 Å². The Morgan fingerprint density at radius 1 is 1.00 bits per heavy atom. The average Bonchev–Trinajstić information content (AvgIpc) is 2.95. The number of nitrogens with zero attached hydrogens (tertiary/aromatic N) is 1. The molecule has 232 valence electrons. The van der Waals surface area contributed by atoms with Crippen molar-refractivity contribution in [3.8, 4) is 0 Å². The van der Waals surface area contributed by atoms with E-state index in [1.807, 2.05) is 0 Å². The Labute approximate surface area is 243 Å². The first kappa shape index (κ1) is 32.3. The molecule has 1 amide bonds. The molecule has 1 unspecified atom stereocenters. The first-order chi connectivity index (χ1) is 20.3. The van der Waals surface area contributed by atoms with Gasteiger partial charge in [0.1, 0.15) is 0 Å². The van der Waals surface area contributed by atoms with E-state index in [0.717, 1.165) is 23.7 Å². The van der Waals surface area contributed by atoms with E-state index in [9.17, 15) is 40.8 Å². The van der Waals surface area contributed by atoms with Gasteiger partial charge in [-0.05, 0) is 73.6 Å². The Morgan fingerprint density at radius 3 is 2.37 bits per heavy atom. The third-order valence-electron chi connectivity index (χ3n) is 7.18. The second-order valence-electron chi connectivity index (χ2n) is 10.6. The molecule has 0 bridgehead atoms. The molecule has 0 radical (unpaired) electrons. The van der Waals surface area contributed by atoms with Crippen LogP contribution >= 0.6 is 0 Å². The van der Waals surface area contributed by atoms with Crippen LogP contribution in [0.4, 0.5) is 26.3 Å². The zero-order chi connectivity index (χ0) is 31.2. The van der Waals surface area contributed by atoms with Gasteiger partial charge in [0.15, 0.2) is 18.6 Å². The van der Waals surface area contributed by atoms with Gasteiger partial charge in [-0.1, -0.05) is 12.1 Å². The lowest BCUT2D eigenvalue weighted by Crippen LogP contribution is -2.33. The molecule has 0 spiro atoms. The van der Waals surface area contributed by atoms with Crippen LogP contribution in [-0.2, 0) is 39.7 Å². The van der Waals surface area contributed by atoms with E-state index in [-0.39, 0.29) is 54.6 Å². The Hall–Kier alpha value is -3.58. The van der Waals surface area contributed by atoms with Crippen LogP contribution in [0.3, 0.4) is 0 Å². The predicted octanol–water partition coefficient (Wildman–Crippen LogP) is 6.96. The van der Waals surface area contributed by atoms with Crippen molar-refractivity contribution in [1.82, 2.24) is 5.48 Å². The van der Waals surface area contributed by atoms with E-state index in [0.29, 0.717) is 55.5 Å². The molecule has 4 rings (SSSR count). The predicted molar refractivity (Wildman–Crippen MR) is 142 cm³/mol. The van der Waals surface area contributed by atoms with Gasteiger partial charge in [-0.25, -0.2) is 10.3 Å². The number of unbranched alkanes of at least 4 members (excludes halogenated alkanes) is 1. The minimum Gasteiger partial charge on any atom is -0.350 e. The summed E-state index contributed by atoms with van der Waals surface area (Å²) in [7, 11) is 0. The van der Waals surface area contributed by atoms with Gasteiger partial charge >= 0.3 is 12.4 Å². The van der Waals surface area contributed by atoms with Gasteiger partial charge in [-0.3, -0.25) is 9.59 Å². The maximum absolute atomic E-state index is 13.2. The largest absolute Gasteiger partial charge is 0.416 e. The number of rotatable bonds is 10. The van der Waals surface area contributed by atoms with Crippen molar-refractivity contribution in [3.63, 3.8) is 0 Å². The highest BCUT2D eigenvalue weighted by atomic mass is 19.4. The number of ether oxygens (including phenoxy) is 1. The Kier molecular flexibility index (Phi) is 10.4. The number of nitrogens with one attached hydrogen (secondary N) is 1. The van der Waals surface area contributed by atoms with Crippen molar-refractivity contribution >= 4 is 17.8 Å². The summed E-state index contributed by atoms with van der Waals surface area (Å²) >= 11 is 0. The van der Waals surface area contributed by atoms with Gasteiger partial charge in [0.25, 0.3) is 0 Å². The maximum Gasteiger partial charge on any atom is 0.416 e. The van der Waals surface area contributed by atoms with Crippen molar-refractivity contribution < 1.29 is 50.3 Å². The standard InChI is InChI=1S/C30H30F6N2O5/c31-29(32,33)23-15-20(16-24(17-23)30(34,35)36)14-22-9-8-21-13-19(7-10-25(21)28(22)40)18-38(41)11-3-1-5-26(39)37-43-27-6-2-4-12-42-27/h7,10,13-17,27H,1-6,8-9,11-12,18H2/p+1/b22-14+. The lowest BCUT2D eigenvalue weighted by atomic mass is 9.85. The molecule has 2 aromatic carbocycles. The van der Waals surface area contributed by atoms with Gasteiger partial charge in [0, 0.05) is 52.2 Å². The molecular formula is C30H31F6N2O5+. The van der Waals surface area contributed by atoms with E-state index in [1.54, 1.807) is 12.1 Å². The number of carbonyl (C=O) groups is 2. The Morgan fingerprint density at radius 2 is 1.72 bits per heavy atom. The highest BCUT2D eigenvalue weighted by Gasteiger charge is 2.37. The Bertz CT molecular complexity index is 1350. The number of benzene rings is 2. The van der Waals surface area contributed by atoms with Crippen LogP contribution in [0.2, 0.25) is 0 Å². The van der Waals surface area contributed by atoms with Crippen molar-refractivity contribution in [2.45, 2.75) is 76.6 Å². The lowest BCUT2D eigenvalue weighted by molar-refractivity contribution is -0.565. The van der Waals surface area contributed by atoms with E-state index in [4.69, 9.17) is 9.57 Å². The van der Waals surface area contributed by atoms with Crippen LogP contribution in [0.5, 0.6) is 0 Å². The minimum absolute atomic E-state index is 0.0429. The van der Waals surface area contributed by atoms with Crippen LogP contribution in [0.25, 0.3) is 6.08 Å². The molecule has 1 atom stereocenters. The van der Waals surface area contributed by atoms with Gasteiger partial charge in [-0.2, -0.15) is 26.3 Å². The highest BCUT2D eigenvalue weighted by Crippen LogP contribution is 2.37. The number of halogens is 6. The number of fused-ring (bicyclic) bond motifs is 1. The van der Waals surface area contributed by atoms with E-state index in [1.165, 1.54) is 6.07 Å². The first-order valence-corrected chi connectivity index (χ1v) is 13.9. The SMILES string of the molecule is O=C(CCCC[N+](=O)Cc1ccc2c(c1)CC/C(=C\c1cc(C(F)(F)F)cc(C(F)(F)F)c1)C2=O)NOC1CCCCO1. The van der Waals surface area contributed by atoms with Crippen LogP contribution in [0, 0.1) is 4.91 Å². The number of alkyl halides is 6. The van der Waals surface area contributed by atoms with Crippen molar-refractivity contribution in [1.29, 1.82) is 0 Å². The fourth-order valence-electron chi connectivity index (χ4n) is 4.97. The summed E-state index contributed by atoms with van der Waals surface area (Å²) in [6, 6.07) is 6.03. The number of amides is 1. The number of hydroxylamine groups is 1. The number of ketones is 1. The van der Waals surface area contributed by atoms with Crippen molar-refractivity contribution in [2.75, 3.05) is 13.2 Å². The van der Waals surface area contributed by atoms with Crippen molar-refractivity contribution in [3.05, 3.63) is 80.3 Å². The summed E-state index contributed by atoms with van der Waals surface area (Å²) in [5, 5.41) is 0.